The summed E-state index contributed by atoms with van der Waals surface area (Å²) in [7, 11) is 3.27. The maximum Gasteiger partial charge on any atom is 0.275 e. The van der Waals surface area contributed by atoms with Crippen molar-refractivity contribution in [3.8, 4) is 11.5 Å². The van der Waals surface area contributed by atoms with Crippen LogP contribution in [0.1, 0.15) is 22.1 Å². The minimum Gasteiger partial charge on any atom is -0.497 e. The number of ether oxygens (including phenoxy) is 2. The molecule has 1 amide bonds. The number of oxazole rings is 1. The number of amides is 1. The number of aromatic amines is 1. The monoisotopic (exact) mass is 342 g/mol. The summed E-state index contributed by atoms with van der Waals surface area (Å²) >= 11 is 0. The first-order valence-electron chi connectivity index (χ1n) is 7.60. The fourth-order valence-electron chi connectivity index (χ4n) is 2.21. The van der Waals surface area contributed by atoms with Crippen molar-refractivity contribution in [2.24, 2.45) is 0 Å². The molecule has 0 saturated carbocycles. The van der Waals surface area contributed by atoms with E-state index in [-0.39, 0.29) is 18.2 Å². The second kappa shape index (κ2) is 7.52. The second-order valence-electron chi connectivity index (χ2n) is 5.34. The lowest BCUT2D eigenvalue weighted by atomic mass is 10.3. The van der Waals surface area contributed by atoms with Gasteiger partial charge in [0.15, 0.2) is 12.3 Å². The molecule has 2 heterocycles. The predicted octanol–water partition coefficient (Wildman–Crippen LogP) is 2.26. The summed E-state index contributed by atoms with van der Waals surface area (Å²) < 4.78 is 16.0. The molecule has 0 radical (unpaired) electrons. The normalized spacial score (nSPS) is 10.5. The molecule has 130 valence electrons. The maximum atomic E-state index is 12.4. The lowest BCUT2D eigenvalue weighted by molar-refractivity contribution is 0.0777. The Kier molecular flexibility index (Phi) is 4.98. The highest BCUT2D eigenvalue weighted by molar-refractivity contribution is 5.91. The van der Waals surface area contributed by atoms with Gasteiger partial charge in [-0.05, 0) is 18.2 Å². The number of carbonyl (C=O) groups is 1. The van der Waals surface area contributed by atoms with E-state index in [1.54, 1.807) is 38.6 Å². The van der Waals surface area contributed by atoms with Crippen molar-refractivity contribution in [2.75, 3.05) is 14.2 Å². The van der Waals surface area contributed by atoms with Gasteiger partial charge in [-0.1, -0.05) is 6.07 Å². The van der Waals surface area contributed by atoms with Crippen molar-refractivity contribution in [2.45, 2.75) is 13.2 Å². The van der Waals surface area contributed by atoms with E-state index in [1.165, 1.54) is 11.2 Å². The standard InChI is InChI=1S/C17H18N4O4/c1-21(9-12-6-7-18-20-12)17(22)15-10-25-16(19-15)11-24-14-5-3-4-13(8-14)23-2/h3-8,10H,9,11H2,1-2H3,(H,18,20). The van der Waals surface area contributed by atoms with Gasteiger partial charge in [0.1, 0.15) is 17.8 Å². The number of aromatic nitrogens is 3. The Hall–Kier alpha value is -3.29. The summed E-state index contributed by atoms with van der Waals surface area (Å²) in [5, 5.41) is 6.66. The van der Waals surface area contributed by atoms with Gasteiger partial charge in [0.25, 0.3) is 5.91 Å². The molecule has 0 aliphatic rings. The number of benzene rings is 1. The van der Waals surface area contributed by atoms with Crippen LogP contribution in [-0.2, 0) is 13.2 Å². The fourth-order valence-corrected chi connectivity index (χ4v) is 2.21. The van der Waals surface area contributed by atoms with Gasteiger partial charge >= 0.3 is 0 Å². The zero-order valence-electron chi connectivity index (χ0n) is 13.9. The average molecular weight is 342 g/mol. The maximum absolute atomic E-state index is 12.4. The lowest BCUT2D eigenvalue weighted by Crippen LogP contribution is -2.26. The third-order valence-electron chi connectivity index (χ3n) is 3.49. The number of hydrogen-bond donors (Lipinski definition) is 1. The van der Waals surface area contributed by atoms with Crippen LogP contribution in [0.4, 0.5) is 0 Å². The third kappa shape index (κ3) is 4.17. The van der Waals surface area contributed by atoms with Gasteiger partial charge < -0.3 is 18.8 Å². The molecule has 0 bridgehead atoms. The van der Waals surface area contributed by atoms with Gasteiger partial charge in [-0.3, -0.25) is 9.89 Å². The van der Waals surface area contributed by atoms with Crippen LogP contribution in [0.15, 0.2) is 47.2 Å². The van der Waals surface area contributed by atoms with Crippen molar-refractivity contribution in [1.82, 2.24) is 20.1 Å². The number of rotatable bonds is 7. The minimum atomic E-state index is -0.244. The molecule has 2 aromatic heterocycles. The van der Waals surface area contributed by atoms with E-state index in [1.807, 2.05) is 12.1 Å². The van der Waals surface area contributed by atoms with E-state index in [0.29, 0.717) is 23.9 Å². The smallest absolute Gasteiger partial charge is 0.275 e. The molecule has 0 aliphatic heterocycles. The minimum absolute atomic E-state index is 0.116. The van der Waals surface area contributed by atoms with E-state index in [9.17, 15) is 4.79 Å². The molecule has 0 atom stereocenters. The summed E-state index contributed by atoms with van der Waals surface area (Å²) in [5.41, 5.74) is 1.06. The Labute approximate surface area is 144 Å². The topological polar surface area (TPSA) is 93.5 Å². The van der Waals surface area contributed by atoms with Crippen LogP contribution >= 0.6 is 0 Å². The van der Waals surface area contributed by atoms with Crippen molar-refractivity contribution in [3.05, 3.63) is 60.1 Å². The van der Waals surface area contributed by atoms with E-state index in [4.69, 9.17) is 13.9 Å². The zero-order valence-corrected chi connectivity index (χ0v) is 13.9. The highest BCUT2D eigenvalue weighted by Gasteiger charge is 2.17. The molecule has 0 aliphatic carbocycles. The van der Waals surface area contributed by atoms with E-state index in [2.05, 4.69) is 15.2 Å². The predicted molar refractivity (Wildman–Crippen MR) is 88.2 cm³/mol. The first kappa shape index (κ1) is 16.6. The first-order chi connectivity index (χ1) is 12.2. The lowest BCUT2D eigenvalue weighted by Gasteiger charge is -2.13. The molecule has 3 rings (SSSR count). The van der Waals surface area contributed by atoms with Crippen LogP contribution in [-0.4, -0.2) is 40.1 Å². The van der Waals surface area contributed by atoms with Crippen LogP contribution in [0.25, 0.3) is 0 Å². The largest absolute Gasteiger partial charge is 0.497 e. The number of H-pyrrole nitrogens is 1. The van der Waals surface area contributed by atoms with Crippen LogP contribution < -0.4 is 9.47 Å². The number of nitrogens with zero attached hydrogens (tertiary/aromatic N) is 3. The molecule has 0 fully saturated rings. The Balaban J connectivity index is 1.58. The van der Waals surface area contributed by atoms with Gasteiger partial charge in [-0.2, -0.15) is 5.10 Å². The quantitative estimate of drug-likeness (QED) is 0.708. The summed E-state index contributed by atoms with van der Waals surface area (Å²) in [6.45, 7) is 0.520. The van der Waals surface area contributed by atoms with Crippen LogP contribution in [0.2, 0.25) is 0 Å². The number of nitrogens with one attached hydrogen (secondary N) is 1. The molecule has 1 N–H and O–H groups in total. The molecule has 8 nitrogen and oxygen atoms in total. The summed E-state index contributed by atoms with van der Waals surface area (Å²) in [5.74, 6) is 1.40. The summed E-state index contributed by atoms with van der Waals surface area (Å²) in [6.07, 6.45) is 2.97. The van der Waals surface area contributed by atoms with E-state index < -0.39 is 0 Å². The zero-order chi connectivity index (χ0) is 17.6. The highest BCUT2D eigenvalue weighted by Crippen LogP contribution is 2.20. The Morgan fingerprint density at radius 2 is 2.16 bits per heavy atom. The molecule has 25 heavy (non-hydrogen) atoms. The van der Waals surface area contributed by atoms with Crippen LogP contribution in [0.3, 0.4) is 0 Å². The van der Waals surface area contributed by atoms with Crippen molar-refractivity contribution >= 4 is 5.91 Å². The summed E-state index contributed by atoms with van der Waals surface area (Å²) in [6, 6.07) is 9.01. The number of methoxy groups -OCH3 is 1. The molecule has 0 spiro atoms. The molecule has 0 unspecified atom stereocenters. The number of carbonyl (C=O) groups excluding carboxylic acids is 1. The van der Waals surface area contributed by atoms with Crippen molar-refractivity contribution in [3.63, 3.8) is 0 Å². The van der Waals surface area contributed by atoms with Crippen LogP contribution in [0.5, 0.6) is 11.5 Å². The molecule has 0 saturated heterocycles. The summed E-state index contributed by atoms with van der Waals surface area (Å²) in [4.78, 5) is 18.1. The Bertz CT molecular complexity index is 829. The Morgan fingerprint density at radius 1 is 1.32 bits per heavy atom. The van der Waals surface area contributed by atoms with Crippen LogP contribution in [0, 0.1) is 0 Å². The molecular formula is C17H18N4O4. The van der Waals surface area contributed by atoms with Crippen molar-refractivity contribution < 1.29 is 18.7 Å². The molecule has 8 heteroatoms. The molecule has 3 aromatic rings. The van der Waals surface area contributed by atoms with Gasteiger partial charge in [0.05, 0.1) is 19.3 Å². The fraction of sp³-hybridized carbons (Fsp3) is 0.235. The number of hydrogen-bond acceptors (Lipinski definition) is 6. The van der Waals surface area contributed by atoms with E-state index in [0.717, 1.165) is 5.69 Å². The van der Waals surface area contributed by atoms with Gasteiger partial charge in [0, 0.05) is 19.3 Å². The highest BCUT2D eigenvalue weighted by atomic mass is 16.5. The molecule has 1 aromatic carbocycles. The van der Waals surface area contributed by atoms with E-state index >= 15 is 0 Å². The van der Waals surface area contributed by atoms with Crippen molar-refractivity contribution in [1.29, 1.82) is 0 Å². The van der Waals surface area contributed by atoms with Gasteiger partial charge in [0.2, 0.25) is 5.89 Å². The average Bonchev–Trinajstić information content (AvgIpc) is 3.31. The first-order valence-corrected chi connectivity index (χ1v) is 7.60. The van der Waals surface area contributed by atoms with Gasteiger partial charge in [-0.25, -0.2) is 4.98 Å². The second-order valence-corrected chi connectivity index (χ2v) is 5.34. The third-order valence-corrected chi connectivity index (χ3v) is 3.49. The Morgan fingerprint density at radius 3 is 2.92 bits per heavy atom. The SMILES string of the molecule is COc1cccc(OCc2nc(C(=O)N(C)Cc3ccn[nH]3)co2)c1. The molecular weight excluding hydrogens is 324 g/mol. The van der Waals surface area contributed by atoms with Gasteiger partial charge in [-0.15, -0.1) is 0 Å².